The average molecular weight is 622 g/mol. The number of anilines is 1. The number of nitrogens with zero attached hydrogens (tertiary/aromatic N) is 4. The highest BCUT2D eigenvalue weighted by Crippen LogP contribution is 2.34. The number of carbonyl (C=O) groups excluding carboxylic acids is 1. The van der Waals surface area contributed by atoms with Crippen LogP contribution in [0.1, 0.15) is 51.5 Å². The highest BCUT2D eigenvalue weighted by molar-refractivity contribution is 7.15. The summed E-state index contributed by atoms with van der Waals surface area (Å²) in [5.41, 5.74) is 6.00. The van der Waals surface area contributed by atoms with Gasteiger partial charge in [0.05, 0.1) is 27.4 Å². The molecule has 0 spiro atoms. The lowest BCUT2D eigenvalue weighted by Crippen LogP contribution is -2.40. The van der Waals surface area contributed by atoms with E-state index in [1.165, 1.54) is 28.0 Å². The maximum absolute atomic E-state index is 14.1. The first-order chi connectivity index (χ1) is 21.1. The van der Waals surface area contributed by atoms with Crippen molar-refractivity contribution in [3.05, 3.63) is 136 Å². The van der Waals surface area contributed by atoms with E-state index >= 15 is 0 Å². The summed E-state index contributed by atoms with van der Waals surface area (Å²) in [6.07, 6.45) is 1.84. The molecule has 0 bridgehead atoms. The predicted octanol–water partition coefficient (Wildman–Crippen LogP) is 5.97. The van der Waals surface area contributed by atoms with E-state index in [1.54, 1.807) is 42.5 Å². The summed E-state index contributed by atoms with van der Waals surface area (Å²) in [6.45, 7) is 9.66. The molecule has 1 N–H and O–H groups in total. The summed E-state index contributed by atoms with van der Waals surface area (Å²) < 4.78 is 18.0. The lowest BCUT2D eigenvalue weighted by Gasteiger charge is -2.25. The number of thiophene rings is 1. The highest BCUT2D eigenvalue weighted by atomic mass is 32.1. The van der Waals surface area contributed by atoms with Crippen LogP contribution >= 0.6 is 22.7 Å². The number of halogens is 1. The largest absolute Gasteiger partial charge is 0.322 e. The number of nitrogens with one attached hydrogen (secondary N) is 1. The van der Waals surface area contributed by atoms with Crippen molar-refractivity contribution in [1.29, 1.82) is 5.26 Å². The first-order valence-corrected chi connectivity index (χ1v) is 15.6. The minimum Gasteiger partial charge on any atom is -0.322 e. The number of aromatic nitrogens is 2. The number of hydrogen-bond acceptors (Lipinski definition) is 6. The predicted molar refractivity (Wildman–Crippen MR) is 173 cm³/mol. The van der Waals surface area contributed by atoms with Crippen LogP contribution < -0.4 is 20.2 Å². The summed E-state index contributed by atoms with van der Waals surface area (Å²) >= 11 is 2.82. The fourth-order valence-corrected chi connectivity index (χ4v) is 7.83. The van der Waals surface area contributed by atoms with E-state index in [0.29, 0.717) is 37.4 Å². The van der Waals surface area contributed by atoms with Crippen molar-refractivity contribution in [1.82, 2.24) is 9.13 Å². The Balaban J connectivity index is 1.50. The standard InChI is InChI=1S/C34H28FN5O2S2/c1-18-15-24(21(4)39(18)33-27(17-36)19(2)22(5)43-33)16-28-32(42)40-30(23-11-13-25(35)14-12-23)29(20(3)37-34(40)44-28)31(41)38-26-9-7-6-8-10-26/h6-16,30H,1-5H3,(H,38,41)/b28-16+/t30-/m0/s1. The van der Waals surface area contributed by atoms with Gasteiger partial charge in [-0.05, 0) is 87.7 Å². The third-order valence-electron chi connectivity index (χ3n) is 7.92. The van der Waals surface area contributed by atoms with Crippen molar-refractivity contribution in [2.24, 2.45) is 4.99 Å². The Bertz CT molecular complexity index is 2210. The van der Waals surface area contributed by atoms with Gasteiger partial charge in [-0.15, -0.1) is 11.3 Å². The summed E-state index contributed by atoms with van der Waals surface area (Å²) in [5.74, 6) is -0.803. The molecule has 4 heterocycles. The van der Waals surface area contributed by atoms with Gasteiger partial charge in [0.15, 0.2) is 4.80 Å². The Morgan fingerprint density at radius 1 is 1.05 bits per heavy atom. The third kappa shape index (κ3) is 4.94. The molecule has 0 saturated heterocycles. The quantitative estimate of drug-likeness (QED) is 0.262. The molecule has 0 unspecified atom stereocenters. The van der Waals surface area contributed by atoms with Gasteiger partial charge in [0.2, 0.25) is 0 Å². The molecule has 7 nitrogen and oxygen atoms in total. The Labute approximate surface area is 261 Å². The zero-order valence-electron chi connectivity index (χ0n) is 24.7. The Morgan fingerprint density at radius 3 is 2.43 bits per heavy atom. The summed E-state index contributed by atoms with van der Waals surface area (Å²) in [7, 11) is 0. The number of allylic oxidation sites excluding steroid dienone is 1. The average Bonchev–Trinajstić information content (AvgIpc) is 3.57. The number of hydrogen-bond donors (Lipinski definition) is 1. The molecule has 0 aliphatic carbocycles. The summed E-state index contributed by atoms with van der Waals surface area (Å²) in [4.78, 5) is 34.1. The van der Waals surface area contributed by atoms with E-state index in [-0.39, 0.29) is 11.5 Å². The first kappa shape index (κ1) is 29.2. The fraction of sp³-hybridized carbons (Fsp3) is 0.176. The van der Waals surface area contributed by atoms with Crippen molar-refractivity contribution < 1.29 is 9.18 Å². The lowest BCUT2D eigenvalue weighted by molar-refractivity contribution is -0.113. The van der Waals surface area contributed by atoms with Crippen molar-refractivity contribution in [3.63, 3.8) is 0 Å². The molecule has 0 fully saturated rings. The number of para-hydroxylation sites is 1. The van der Waals surface area contributed by atoms with E-state index < -0.39 is 11.9 Å². The molecule has 1 amide bonds. The molecular formula is C34H28FN5O2S2. The molecule has 2 aromatic carbocycles. The second-order valence-corrected chi connectivity index (χ2v) is 12.9. The van der Waals surface area contributed by atoms with Crippen molar-refractivity contribution in [2.75, 3.05) is 5.32 Å². The number of benzene rings is 2. The van der Waals surface area contributed by atoms with Gasteiger partial charge in [-0.2, -0.15) is 5.26 Å². The zero-order chi connectivity index (χ0) is 31.3. The van der Waals surface area contributed by atoms with E-state index in [1.807, 2.05) is 58.0 Å². The van der Waals surface area contributed by atoms with Crippen LogP contribution in [-0.4, -0.2) is 15.0 Å². The zero-order valence-corrected chi connectivity index (χ0v) is 26.4. The summed E-state index contributed by atoms with van der Waals surface area (Å²) in [5, 5.41) is 13.6. The maximum atomic E-state index is 14.1. The third-order valence-corrected chi connectivity index (χ3v) is 10.1. The molecule has 1 atom stereocenters. The first-order valence-electron chi connectivity index (χ1n) is 13.9. The van der Waals surface area contributed by atoms with Gasteiger partial charge in [-0.25, -0.2) is 9.38 Å². The number of aryl methyl sites for hydroxylation is 2. The molecule has 220 valence electrons. The van der Waals surface area contributed by atoms with E-state index in [0.717, 1.165) is 32.4 Å². The molecule has 1 aliphatic rings. The van der Waals surface area contributed by atoms with Crippen molar-refractivity contribution >= 4 is 40.3 Å². The van der Waals surface area contributed by atoms with E-state index in [4.69, 9.17) is 4.99 Å². The van der Waals surface area contributed by atoms with Crippen LogP contribution in [-0.2, 0) is 4.79 Å². The minimum atomic E-state index is -0.805. The Morgan fingerprint density at radius 2 is 1.75 bits per heavy atom. The number of rotatable bonds is 5. The van der Waals surface area contributed by atoms with E-state index in [9.17, 15) is 19.2 Å². The smallest absolute Gasteiger partial charge is 0.271 e. The molecule has 44 heavy (non-hydrogen) atoms. The normalized spacial score (nSPS) is 14.8. The number of thiazole rings is 1. The Kier molecular flexibility index (Phi) is 7.53. The second-order valence-electron chi connectivity index (χ2n) is 10.7. The minimum absolute atomic E-state index is 0.300. The lowest BCUT2D eigenvalue weighted by atomic mass is 9.95. The van der Waals surface area contributed by atoms with Crippen molar-refractivity contribution in [2.45, 2.75) is 40.7 Å². The molecule has 6 rings (SSSR count). The van der Waals surface area contributed by atoms with Crippen LogP contribution in [0.5, 0.6) is 0 Å². The molecule has 0 radical (unpaired) electrons. The van der Waals surface area contributed by atoms with Crippen LogP contribution in [0, 0.1) is 44.8 Å². The SMILES string of the molecule is CC1=C(C(=O)Nc2ccccc2)[C@H](c2ccc(F)cc2)n2c(s/c(=C/c3cc(C)n(-c4sc(C)c(C)c4C#N)c3C)c2=O)=N1. The van der Waals surface area contributed by atoms with Crippen molar-refractivity contribution in [3.8, 4) is 11.1 Å². The molecular weight excluding hydrogens is 594 g/mol. The van der Waals surface area contributed by atoms with Gasteiger partial charge in [0.25, 0.3) is 11.5 Å². The van der Waals surface area contributed by atoms with Crippen LogP contribution in [0.25, 0.3) is 11.1 Å². The molecule has 0 saturated carbocycles. The van der Waals surface area contributed by atoms with E-state index in [2.05, 4.69) is 16.0 Å². The maximum Gasteiger partial charge on any atom is 0.271 e. The fourth-order valence-electron chi connectivity index (χ4n) is 5.58. The highest BCUT2D eigenvalue weighted by Gasteiger charge is 2.32. The summed E-state index contributed by atoms with van der Waals surface area (Å²) in [6, 6.07) is 18.4. The number of nitriles is 1. The van der Waals surface area contributed by atoms with Crippen LogP contribution in [0.3, 0.4) is 0 Å². The number of amides is 1. The molecule has 1 aliphatic heterocycles. The van der Waals surface area contributed by atoms with Gasteiger partial charge in [-0.1, -0.05) is 41.7 Å². The van der Waals surface area contributed by atoms with Crippen LogP contribution in [0.2, 0.25) is 0 Å². The molecule has 5 aromatic rings. The van der Waals surface area contributed by atoms with Gasteiger partial charge >= 0.3 is 0 Å². The van der Waals surface area contributed by atoms with Crippen LogP contribution in [0.15, 0.2) is 81.7 Å². The van der Waals surface area contributed by atoms with Gasteiger partial charge in [0, 0.05) is 22.0 Å². The monoisotopic (exact) mass is 621 g/mol. The number of fused-ring (bicyclic) bond motifs is 1. The van der Waals surface area contributed by atoms with Gasteiger partial charge in [0.1, 0.15) is 16.9 Å². The number of carbonyl (C=O) groups is 1. The van der Waals surface area contributed by atoms with Crippen LogP contribution in [0.4, 0.5) is 10.1 Å². The van der Waals surface area contributed by atoms with Gasteiger partial charge in [-0.3, -0.25) is 14.2 Å². The molecule has 10 heteroatoms. The molecule has 3 aromatic heterocycles. The second kappa shape index (κ2) is 11.3. The topological polar surface area (TPSA) is 92.2 Å². The Hall–Kier alpha value is -4.85. The van der Waals surface area contributed by atoms with Gasteiger partial charge < -0.3 is 9.88 Å².